The summed E-state index contributed by atoms with van der Waals surface area (Å²) in [7, 11) is -2.82. The van der Waals surface area contributed by atoms with Crippen LogP contribution < -0.4 is 19.1 Å². The molecule has 3 aromatic rings. The van der Waals surface area contributed by atoms with Gasteiger partial charge in [0.15, 0.2) is 11.5 Å². The number of anilines is 1. The lowest BCUT2D eigenvalue weighted by Crippen LogP contribution is -2.54. The standard InChI is InChI=1S/C26H21IN2O7S/c1-15-4-8-18(9-5-15)29-25(31)20(24(30)28-26(29)32)12-17-13-21(27)23(22(14-17)35-3)36-37(33,34)19-10-6-16(2)7-11-19/h4-14H,1-3H3,(H,28,30,32)/b20-12+. The Morgan fingerprint density at radius 2 is 1.51 bits per heavy atom. The number of urea groups is 1. The van der Waals surface area contributed by atoms with Gasteiger partial charge in [-0.1, -0.05) is 35.4 Å². The van der Waals surface area contributed by atoms with Gasteiger partial charge in [-0.15, -0.1) is 0 Å². The predicted molar refractivity (Wildman–Crippen MR) is 145 cm³/mol. The number of aryl methyl sites for hydroxylation is 2. The molecule has 1 aliphatic rings. The van der Waals surface area contributed by atoms with Crippen LogP contribution in [0.25, 0.3) is 6.08 Å². The number of hydrogen-bond donors (Lipinski definition) is 1. The predicted octanol–water partition coefficient (Wildman–Crippen LogP) is 4.35. The minimum atomic E-state index is -4.15. The average molecular weight is 632 g/mol. The van der Waals surface area contributed by atoms with Crippen LogP contribution in [0.3, 0.4) is 0 Å². The molecule has 0 bridgehead atoms. The largest absolute Gasteiger partial charge is 0.493 e. The number of rotatable bonds is 6. The van der Waals surface area contributed by atoms with Gasteiger partial charge in [0.05, 0.1) is 16.4 Å². The van der Waals surface area contributed by atoms with Crippen molar-refractivity contribution in [3.63, 3.8) is 0 Å². The number of nitrogens with one attached hydrogen (secondary N) is 1. The molecule has 0 saturated carbocycles. The van der Waals surface area contributed by atoms with E-state index in [4.69, 9.17) is 8.92 Å². The maximum Gasteiger partial charge on any atom is 0.339 e. The molecule has 1 heterocycles. The van der Waals surface area contributed by atoms with E-state index in [0.717, 1.165) is 16.0 Å². The summed E-state index contributed by atoms with van der Waals surface area (Å²) in [5.41, 5.74) is 2.22. The molecule has 4 rings (SSSR count). The van der Waals surface area contributed by atoms with Crippen molar-refractivity contribution in [2.75, 3.05) is 12.0 Å². The van der Waals surface area contributed by atoms with Gasteiger partial charge in [-0.05, 0) is 84.5 Å². The molecule has 1 fully saturated rings. The zero-order chi connectivity index (χ0) is 26.9. The number of amides is 4. The minimum absolute atomic E-state index is 0.0208. The molecule has 0 atom stereocenters. The Hall–Kier alpha value is -3.71. The maximum atomic E-state index is 13.1. The average Bonchev–Trinajstić information content (AvgIpc) is 2.84. The van der Waals surface area contributed by atoms with Crippen LogP contribution in [0.1, 0.15) is 16.7 Å². The second-order valence-corrected chi connectivity index (χ2v) is 10.9. The Morgan fingerprint density at radius 1 is 0.919 bits per heavy atom. The molecule has 0 radical (unpaired) electrons. The number of carbonyl (C=O) groups excluding carboxylic acids is 3. The Morgan fingerprint density at radius 3 is 2.11 bits per heavy atom. The number of barbiturate groups is 1. The van der Waals surface area contributed by atoms with E-state index in [0.29, 0.717) is 14.8 Å². The summed E-state index contributed by atoms with van der Waals surface area (Å²) >= 11 is 1.88. The second kappa shape index (κ2) is 10.3. The first-order valence-electron chi connectivity index (χ1n) is 10.9. The molecule has 190 valence electrons. The van der Waals surface area contributed by atoms with Crippen molar-refractivity contribution in [3.8, 4) is 11.5 Å². The van der Waals surface area contributed by atoms with Crippen LogP contribution in [0.2, 0.25) is 0 Å². The van der Waals surface area contributed by atoms with Crippen molar-refractivity contribution in [2.24, 2.45) is 0 Å². The highest BCUT2D eigenvalue weighted by Gasteiger charge is 2.37. The monoisotopic (exact) mass is 632 g/mol. The Kier molecular flexibility index (Phi) is 7.37. The number of benzene rings is 3. The molecule has 0 unspecified atom stereocenters. The second-order valence-electron chi connectivity index (χ2n) is 8.18. The summed E-state index contributed by atoms with van der Waals surface area (Å²) in [5.74, 6) is -1.62. The van der Waals surface area contributed by atoms with Gasteiger partial charge in [-0.25, -0.2) is 9.69 Å². The van der Waals surface area contributed by atoms with Gasteiger partial charge in [-0.2, -0.15) is 8.42 Å². The molecule has 9 nitrogen and oxygen atoms in total. The Balaban J connectivity index is 1.69. The third-order valence-corrected chi connectivity index (χ3v) is 7.50. The first-order chi connectivity index (χ1) is 17.5. The summed E-state index contributed by atoms with van der Waals surface area (Å²) in [4.78, 5) is 39.0. The first-order valence-corrected chi connectivity index (χ1v) is 13.4. The maximum absolute atomic E-state index is 13.1. The van der Waals surface area contributed by atoms with E-state index in [1.807, 2.05) is 36.4 Å². The molecule has 0 spiro atoms. The number of carbonyl (C=O) groups is 3. The number of hydrogen-bond acceptors (Lipinski definition) is 7. The molecule has 1 N–H and O–H groups in total. The third kappa shape index (κ3) is 5.52. The van der Waals surface area contributed by atoms with Crippen LogP contribution in [0.4, 0.5) is 10.5 Å². The summed E-state index contributed by atoms with van der Waals surface area (Å²) < 4.78 is 36.7. The van der Waals surface area contributed by atoms with Crippen LogP contribution in [-0.4, -0.2) is 33.4 Å². The molecule has 37 heavy (non-hydrogen) atoms. The first kappa shape index (κ1) is 26.4. The van der Waals surface area contributed by atoms with Gasteiger partial charge in [0.25, 0.3) is 11.8 Å². The van der Waals surface area contributed by atoms with Gasteiger partial charge >= 0.3 is 16.1 Å². The third-order valence-electron chi connectivity index (χ3n) is 5.46. The van der Waals surface area contributed by atoms with E-state index < -0.39 is 28.0 Å². The molecule has 1 aliphatic heterocycles. The van der Waals surface area contributed by atoms with Crippen LogP contribution in [0.15, 0.2) is 71.1 Å². The summed E-state index contributed by atoms with van der Waals surface area (Å²) in [6.07, 6.45) is 1.30. The van der Waals surface area contributed by atoms with Crippen LogP contribution in [-0.2, 0) is 19.7 Å². The van der Waals surface area contributed by atoms with E-state index in [1.165, 1.54) is 37.5 Å². The van der Waals surface area contributed by atoms with Gasteiger partial charge in [0.1, 0.15) is 10.5 Å². The van der Waals surface area contributed by atoms with Crippen molar-refractivity contribution in [2.45, 2.75) is 18.7 Å². The molecule has 4 amide bonds. The lowest BCUT2D eigenvalue weighted by atomic mass is 10.1. The number of methoxy groups -OCH3 is 1. The zero-order valence-corrected chi connectivity index (χ0v) is 22.9. The fourth-order valence-corrected chi connectivity index (χ4v) is 5.36. The van der Waals surface area contributed by atoms with E-state index in [9.17, 15) is 22.8 Å². The van der Waals surface area contributed by atoms with Crippen LogP contribution in [0.5, 0.6) is 11.5 Å². The Bertz CT molecular complexity index is 1550. The number of ether oxygens (including phenoxy) is 1. The highest BCUT2D eigenvalue weighted by Crippen LogP contribution is 2.37. The SMILES string of the molecule is COc1cc(/C=C2\C(=O)NC(=O)N(c3ccc(C)cc3)C2=O)cc(I)c1OS(=O)(=O)c1ccc(C)cc1. The summed E-state index contributed by atoms with van der Waals surface area (Å²) in [6, 6.07) is 15.0. The molecule has 0 aromatic heterocycles. The molecule has 0 aliphatic carbocycles. The molecule has 3 aromatic carbocycles. The molecular weight excluding hydrogens is 611 g/mol. The van der Waals surface area contributed by atoms with Crippen molar-refractivity contribution >= 4 is 62.3 Å². The fraction of sp³-hybridized carbons (Fsp3) is 0.115. The normalized spacial score (nSPS) is 15.1. The molecule has 1 saturated heterocycles. The van der Waals surface area contributed by atoms with Crippen LogP contribution >= 0.6 is 22.6 Å². The smallest absolute Gasteiger partial charge is 0.339 e. The highest BCUT2D eigenvalue weighted by atomic mass is 127. The van der Waals surface area contributed by atoms with E-state index in [-0.39, 0.29) is 22.0 Å². The lowest BCUT2D eigenvalue weighted by molar-refractivity contribution is -0.122. The topological polar surface area (TPSA) is 119 Å². The van der Waals surface area contributed by atoms with Gasteiger partial charge < -0.3 is 8.92 Å². The summed E-state index contributed by atoms with van der Waals surface area (Å²) in [6.45, 7) is 3.70. The number of imide groups is 2. The fourth-order valence-electron chi connectivity index (χ4n) is 3.52. The summed E-state index contributed by atoms with van der Waals surface area (Å²) in [5, 5.41) is 2.17. The number of nitrogens with zero attached hydrogens (tertiary/aromatic N) is 1. The quantitative estimate of drug-likeness (QED) is 0.186. The Labute approximate surface area is 227 Å². The van der Waals surface area contributed by atoms with Gasteiger partial charge in [-0.3, -0.25) is 14.9 Å². The minimum Gasteiger partial charge on any atom is -0.493 e. The van der Waals surface area contributed by atoms with E-state index in [2.05, 4.69) is 5.32 Å². The van der Waals surface area contributed by atoms with Crippen molar-refractivity contribution in [1.29, 1.82) is 0 Å². The molecule has 11 heteroatoms. The van der Waals surface area contributed by atoms with Crippen molar-refractivity contribution in [3.05, 3.63) is 86.5 Å². The van der Waals surface area contributed by atoms with Crippen molar-refractivity contribution < 1.29 is 31.7 Å². The highest BCUT2D eigenvalue weighted by molar-refractivity contribution is 14.1. The van der Waals surface area contributed by atoms with E-state index in [1.54, 1.807) is 36.4 Å². The number of halogens is 1. The van der Waals surface area contributed by atoms with E-state index >= 15 is 0 Å². The molecular formula is C26H21IN2O7S. The zero-order valence-electron chi connectivity index (χ0n) is 19.9. The van der Waals surface area contributed by atoms with Crippen molar-refractivity contribution in [1.82, 2.24) is 5.32 Å². The van der Waals surface area contributed by atoms with Gasteiger partial charge in [0.2, 0.25) is 0 Å². The van der Waals surface area contributed by atoms with Gasteiger partial charge in [0, 0.05) is 0 Å². The van der Waals surface area contributed by atoms with Crippen LogP contribution in [0, 0.1) is 17.4 Å². The lowest BCUT2D eigenvalue weighted by Gasteiger charge is -2.26.